The molecule has 11 heteroatoms. The van der Waals surface area contributed by atoms with Gasteiger partial charge in [-0.3, -0.25) is 9.69 Å². The van der Waals surface area contributed by atoms with Gasteiger partial charge in [0.2, 0.25) is 0 Å². The molecular weight excluding hydrogens is 627 g/mol. The number of nitrogens with zero attached hydrogens (tertiary/aromatic N) is 4. The zero-order chi connectivity index (χ0) is 33.1. The van der Waals surface area contributed by atoms with Gasteiger partial charge in [0.05, 0.1) is 5.39 Å². The lowest BCUT2D eigenvalue weighted by Gasteiger charge is -2.31. The van der Waals surface area contributed by atoms with E-state index in [-0.39, 0.29) is 30.8 Å². The largest absolute Gasteiger partial charge is 0.445 e. The molecule has 1 N–H and O–H groups in total. The molecule has 0 saturated carbocycles. The topological polar surface area (TPSA) is 104 Å². The summed E-state index contributed by atoms with van der Waals surface area (Å²) in [6.45, 7) is 4.90. The molecule has 1 fully saturated rings. The number of carbonyl (C=O) groups is 2. The lowest BCUT2D eigenvalue weighted by atomic mass is 10.1. The Labute approximate surface area is 283 Å². The number of rotatable bonds is 6. The Balaban J connectivity index is 1.19. The first-order valence-electron chi connectivity index (χ1n) is 16.2. The summed E-state index contributed by atoms with van der Waals surface area (Å²) in [6.07, 6.45) is 0.965. The van der Waals surface area contributed by atoms with Gasteiger partial charge in [0.1, 0.15) is 18.0 Å². The van der Waals surface area contributed by atoms with Gasteiger partial charge in [-0.1, -0.05) is 66.7 Å². The summed E-state index contributed by atoms with van der Waals surface area (Å²) in [5.41, 5.74) is 2.80. The van der Waals surface area contributed by atoms with Crippen molar-refractivity contribution < 1.29 is 19.1 Å². The van der Waals surface area contributed by atoms with Gasteiger partial charge >= 0.3 is 12.2 Å². The van der Waals surface area contributed by atoms with Gasteiger partial charge < -0.3 is 24.6 Å². The second-order valence-electron chi connectivity index (χ2n) is 11.7. The van der Waals surface area contributed by atoms with Crippen LogP contribution in [0.1, 0.15) is 16.7 Å². The van der Waals surface area contributed by atoms with Crippen LogP contribution >= 0.6 is 11.3 Å². The Morgan fingerprint density at radius 2 is 1.29 bits per heavy atom. The summed E-state index contributed by atoms with van der Waals surface area (Å²) in [4.78, 5) is 50.6. The van der Waals surface area contributed by atoms with Crippen LogP contribution in [0.4, 0.5) is 9.59 Å². The van der Waals surface area contributed by atoms with Crippen molar-refractivity contribution in [3.05, 3.63) is 124 Å². The summed E-state index contributed by atoms with van der Waals surface area (Å²) in [5.74, 6) is 0. The fourth-order valence-corrected chi connectivity index (χ4v) is 6.64. The highest BCUT2D eigenvalue weighted by molar-refractivity contribution is 7.24. The molecule has 3 heterocycles. The molecule has 5 aromatic rings. The third-order valence-electron chi connectivity index (χ3n) is 8.33. The Morgan fingerprint density at radius 3 is 1.90 bits per heavy atom. The molecule has 1 aliphatic heterocycles. The number of hydrogen-bond acceptors (Lipinski definition) is 9. The Morgan fingerprint density at radius 1 is 0.688 bits per heavy atom. The minimum atomic E-state index is -0.368. The smallest absolute Gasteiger partial charge is 0.410 e. The molecule has 0 radical (unpaired) electrons. The standard InChI is InChI=1S/C37H39N5O5S/c43-34-31-12-7-15-39-35(31)48-33-14-13-30(24-32(33)34)25-40-20-22-41(36(44)46-26-28-8-3-1-4-9-28)18-16-38-17-19-42(23-21-40)37(45)47-27-29-10-5-2-6-11-29/h1-15,24,38H,16-23,25-27H2. The Kier molecular flexibility index (Phi) is 11.2. The van der Waals surface area contributed by atoms with Crippen molar-refractivity contribution in [2.75, 3.05) is 52.4 Å². The molecule has 248 valence electrons. The number of nitrogens with one attached hydrogen (secondary N) is 1. The molecule has 3 aromatic carbocycles. The minimum Gasteiger partial charge on any atom is -0.445 e. The summed E-state index contributed by atoms with van der Waals surface area (Å²) in [5, 5.41) is 4.64. The summed E-state index contributed by atoms with van der Waals surface area (Å²) < 4.78 is 12.3. The Hall–Kier alpha value is -4.84. The average molecular weight is 666 g/mol. The lowest BCUT2D eigenvalue weighted by molar-refractivity contribution is 0.0816. The molecule has 0 spiro atoms. The molecule has 1 aliphatic rings. The second kappa shape index (κ2) is 16.3. The highest BCUT2D eigenvalue weighted by Crippen LogP contribution is 2.24. The molecule has 2 amide bonds. The quantitative estimate of drug-likeness (QED) is 0.238. The molecule has 0 atom stereocenters. The molecule has 2 aromatic heterocycles. The second-order valence-corrected chi connectivity index (χ2v) is 12.7. The van der Waals surface area contributed by atoms with Crippen LogP contribution in [0.2, 0.25) is 0 Å². The fraction of sp³-hybridized carbons (Fsp3) is 0.297. The molecule has 0 aliphatic carbocycles. The van der Waals surface area contributed by atoms with Crippen molar-refractivity contribution in [1.29, 1.82) is 0 Å². The number of aromatic nitrogens is 1. The van der Waals surface area contributed by atoms with Gasteiger partial charge in [-0.2, -0.15) is 0 Å². The first kappa shape index (κ1) is 33.1. The van der Waals surface area contributed by atoms with Gasteiger partial charge in [0.15, 0.2) is 5.43 Å². The third-order valence-corrected chi connectivity index (χ3v) is 9.43. The highest BCUT2D eigenvalue weighted by atomic mass is 32.1. The van der Waals surface area contributed by atoms with Crippen LogP contribution in [0.3, 0.4) is 0 Å². The zero-order valence-electron chi connectivity index (χ0n) is 26.8. The van der Waals surface area contributed by atoms with Crippen LogP contribution in [0.15, 0.2) is 102 Å². The number of fused-ring (bicyclic) bond motifs is 2. The van der Waals surface area contributed by atoms with Gasteiger partial charge in [0.25, 0.3) is 0 Å². The van der Waals surface area contributed by atoms with Crippen molar-refractivity contribution in [1.82, 2.24) is 25.0 Å². The van der Waals surface area contributed by atoms with E-state index in [1.165, 1.54) is 11.3 Å². The summed E-state index contributed by atoms with van der Waals surface area (Å²) >= 11 is 1.50. The van der Waals surface area contributed by atoms with Crippen LogP contribution < -0.4 is 10.7 Å². The highest BCUT2D eigenvalue weighted by Gasteiger charge is 2.21. The SMILES string of the molecule is O=C(OCc1ccccc1)N1CCNCCN(C(=O)OCc2ccccc2)CCN(Cc2ccc3sc4ncccc4c(=O)c3c2)CC1. The maximum absolute atomic E-state index is 13.4. The van der Waals surface area contributed by atoms with Crippen molar-refractivity contribution in [3.63, 3.8) is 0 Å². The van der Waals surface area contributed by atoms with Gasteiger partial charge in [0, 0.05) is 75.2 Å². The van der Waals surface area contributed by atoms with Crippen LogP contribution in [-0.4, -0.2) is 84.2 Å². The maximum atomic E-state index is 13.4. The number of carbonyl (C=O) groups excluding carboxylic acids is 2. The van der Waals surface area contributed by atoms with E-state index in [4.69, 9.17) is 9.47 Å². The van der Waals surface area contributed by atoms with Crippen LogP contribution in [0.25, 0.3) is 20.3 Å². The first-order valence-corrected chi connectivity index (χ1v) is 17.0. The molecule has 0 bridgehead atoms. The van der Waals surface area contributed by atoms with E-state index in [0.29, 0.717) is 69.7 Å². The number of ether oxygens (including phenoxy) is 2. The predicted octanol–water partition coefficient (Wildman–Crippen LogP) is 5.49. The lowest BCUT2D eigenvalue weighted by Crippen LogP contribution is -2.47. The number of amides is 2. The number of benzene rings is 3. The zero-order valence-corrected chi connectivity index (χ0v) is 27.6. The van der Waals surface area contributed by atoms with E-state index >= 15 is 0 Å². The van der Waals surface area contributed by atoms with E-state index in [1.54, 1.807) is 22.1 Å². The third kappa shape index (κ3) is 8.74. The van der Waals surface area contributed by atoms with Crippen LogP contribution in [0, 0.1) is 0 Å². The Bertz CT molecular complexity index is 1820. The molecule has 48 heavy (non-hydrogen) atoms. The van der Waals surface area contributed by atoms with E-state index in [2.05, 4.69) is 15.2 Å². The van der Waals surface area contributed by atoms with Crippen LogP contribution in [0.5, 0.6) is 0 Å². The van der Waals surface area contributed by atoms with Gasteiger partial charge in [-0.05, 0) is 41.0 Å². The maximum Gasteiger partial charge on any atom is 0.410 e. The van der Waals surface area contributed by atoms with Gasteiger partial charge in [-0.25, -0.2) is 14.6 Å². The molecule has 1 saturated heterocycles. The van der Waals surface area contributed by atoms with Crippen molar-refractivity contribution in [2.24, 2.45) is 0 Å². The molecule has 0 unspecified atom stereocenters. The minimum absolute atomic E-state index is 0.0328. The van der Waals surface area contributed by atoms with E-state index in [9.17, 15) is 14.4 Å². The normalized spacial score (nSPS) is 15.1. The number of hydrogen-bond donors (Lipinski definition) is 1. The van der Waals surface area contributed by atoms with E-state index < -0.39 is 0 Å². The van der Waals surface area contributed by atoms with Crippen molar-refractivity contribution >= 4 is 43.8 Å². The molecule has 10 nitrogen and oxygen atoms in total. The summed E-state index contributed by atoms with van der Waals surface area (Å²) in [6, 6.07) is 28.8. The molecular formula is C37H39N5O5S. The fourth-order valence-electron chi connectivity index (χ4n) is 5.65. The number of pyridine rings is 1. The monoisotopic (exact) mass is 665 g/mol. The average Bonchev–Trinajstić information content (AvgIpc) is 3.12. The predicted molar refractivity (Wildman–Crippen MR) is 188 cm³/mol. The molecule has 6 rings (SSSR count). The van der Waals surface area contributed by atoms with Crippen molar-refractivity contribution in [3.8, 4) is 0 Å². The van der Waals surface area contributed by atoms with Gasteiger partial charge in [-0.15, -0.1) is 11.3 Å². The van der Waals surface area contributed by atoms with E-state index in [1.807, 2.05) is 84.9 Å². The first-order chi connectivity index (χ1) is 23.5. The van der Waals surface area contributed by atoms with E-state index in [0.717, 1.165) is 26.2 Å². The van der Waals surface area contributed by atoms with Crippen molar-refractivity contribution in [2.45, 2.75) is 19.8 Å². The van der Waals surface area contributed by atoms with Crippen LogP contribution in [-0.2, 0) is 29.2 Å². The summed E-state index contributed by atoms with van der Waals surface area (Å²) in [7, 11) is 0.